The van der Waals surface area contributed by atoms with Crippen LogP contribution in [-0.2, 0) is 7.05 Å². The molecule has 0 spiro atoms. The SMILES string of the molecule is Cc1cc(F)ccc1Oc1nn(C)cc1N. The Morgan fingerprint density at radius 2 is 2.19 bits per heavy atom. The van der Waals surface area contributed by atoms with E-state index < -0.39 is 0 Å². The Kier molecular flexibility index (Phi) is 2.52. The maximum atomic E-state index is 12.9. The third-order valence-electron chi connectivity index (χ3n) is 2.17. The van der Waals surface area contributed by atoms with E-state index in [1.807, 2.05) is 0 Å². The van der Waals surface area contributed by atoms with Crippen LogP contribution in [0.5, 0.6) is 11.6 Å². The summed E-state index contributed by atoms with van der Waals surface area (Å²) in [5.74, 6) is 0.586. The molecule has 0 aliphatic rings. The largest absolute Gasteiger partial charge is 0.436 e. The Balaban J connectivity index is 2.30. The molecule has 0 atom stereocenters. The van der Waals surface area contributed by atoms with Gasteiger partial charge in [0.15, 0.2) is 0 Å². The number of anilines is 1. The molecule has 1 aromatic heterocycles. The second-order valence-electron chi connectivity index (χ2n) is 3.58. The minimum atomic E-state index is -0.293. The Labute approximate surface area is 92.4 Å². The molecule has 4 nitrogen and oxygen atoms in total. The molecule has 0 amide bonds. The normalized spacial score (nSPS) is 10.4. The quantitative estimate of drug-likeness (QED) is 0.846. The summed E-state index contributed by atoms with van der Waals surface area (Å²) in [5, 5.41) is 4.04. The number of rotatable bonds is 2. The summed E-state index contributed by atoms with van der Waals surface area (Å²) in [5.41, 5.74) is 6.84. The van der Waals surface area contributed by atoms with Gasteiger partial charge in [0.25, 0.3) is 5.88 Å². The predicted molar refractivity (Wildman–Crippen MR) is 58.8 cm³/mol. The second kappa shape index (κ2) is 3.84. The topological polar surface area (TPSA) is 53.1 Å². The van der Waals surface area contributed by atoms with E-state index >= 15 is 0 Å². The summed E-state index contributed by atoms with van der Waals surface area (Å²) in [4.78, 5) is 0. The minimum absolute atomic E-state index is 0.293. The standard InChI is InChI=1S/C11H12FN3O/c1-7-5-8(12)3-4-10(7)16-11-9(13)6-15(2)14-11/h3-6H,13H2,1-2H3. The summed E-state index contributed by atoms with van der Waals surface area (Å²) >= 11 is 0. The maximum Gasteiger partial charge on any atom is 0.261 e. The zero-order chi connectivity index (χ0) is 11.7. The fourth-order valence-electron chi connectivity index (χ4n) is 1.40. The van der Waals surface area contributed by atoms with E-state index in [4.69, 9.17) is 10.5 Å². The molecule has 84 valence electrons. The van der Waals surface area contributed by atoms with Crippen LogP contribution in [0.4, 0.5) is 10.1 Å². The molecular formula is C11H12FN3O. The van der Waals surface area contributed by atoms with Crippen molar-refractivity contribution in [2.75, 3.05) is 5.73 Å². The molecule has 5 heteroatoms. The molecule has 0 radical (unpaired) electrons. The van der Waals surface area contributed by atoms with Crippen LogP contribution in [0.2, 0.25) is 0 Å². The van der Waals surface area contributed by atoms with Gasteiger partial charge < -0.3 is 10.5 Å². The molecule has 2 rings (SSSR count). The number of nitrogens with two attached hydrogens (primary N) is 1. The zero-order valence-electron chi connectivity index (χ0n) is 9.07. The van der Waals surface area contributed by atoms with Crippen LogP contribution in [0.15, 0.2) is 24.4 Å². The van der Waals surface area contributed by atoms with E-state index in [-0.39, 0.29) is 5.82 Å². The van der Waals surface area contributed by atoms with Gasteiger partial charge in [-0.3, -0.25) is 4.68 Å². The van der Waals surface area contributed by atoms with Crippen LogP contribution in [0.25, 0.3) is 0 Å². The van der Waals surface area contributed by atoms with Crippen LogP contribution in [0.3, 0.4) is 0 Å². The number of nitrogen functional groups attached to an aromatic ring is 1. The van der Waals surface area contributed by atoms with Gasteiger partial charge in [-0.05, 0) is 30.7 Å². The summed E-state index contributed by atoms with van der Waals surface area (Å²) in [6.07, 6.45) is 1.65. The highest BCUT2D eigenvalue weighted by atomic mass is 19.1. The second-order valence-corrected chi connectivity index (χ2v) is 3.58. The number of nitrogens with zero attached hydrogens (tertiary/aromatic N) is 2. The van der Waals surface area contributed by atoms with Gasteiger partial charge in [-0.15, -0.1) is 5.10 Å². The van der Waals surface area contributed by atoms with Crippen molar-refractivity contribution in [3.05, 3.63) is 35.8 Å². The van der Waals surface area contributed by atoms with Gasteiger partial charge in [-0.25, -0.2) is 4.39 Å². The molecule has 0 aliphatic heterocycles. The molecule has 0 saturated carbocycles. The van der Waals surface area contributed by atoms with Crippen molar-refractivity contribution in [1.82, 2.24) is 9.78 Å². The molecule has 0 fully saturated rings. The lowest BCUT2D eigenvalue weighted by molar-refractivity contribution is 0.451. The molecule has 2 N–H and O–H groups in total. The first kappa shape index (κ1) is 10.5. The number of hydrogen-bond acceptors (Lipinski definition) is 3. The summed E-state index contributed by atoms with van der Waals surface area (Å²) in [7, 11) is 1.75. The first-order valence-corrected chi connectivity index (χ1v) is 4.79. The lowest BCUT2D eigenvalue weighted by Crippen LogP contribution is -1.93. The lowest BCUT2D eigenvalue weighted by atomic mass is 10.2. The molecule has 1 heterocycles. The van der Waals surface area contributed by atoms with Crippen LogP contribution >= 0.6 is 0 Å². The first-order valence-electron chi connectivity index (χ1n) is 4.79. The average Bonchev–Trinajstić information content (AvgIpc) is 2.50. The van der Waals surface area contributed by atoms with Gasteiger partial charge in [0.1, 0.15) is 17.3 Å². The number of hydrogen-bond donors (Lipinski definition) is 1. The molecule has 1 aromatic carbocycles. The van der Waals surface area contributed by atoms with Crippen LogP contribution < -0.4 is 10.5 Å². The van der Waals surface area contributed by atoms with Gasteiger partial charge >= 0.3 is 0 Å². The van der Waals surface area contributed by atoms with Gasteiger partial charge in [0.2, 0.25) is 0 Å². The highest BCUT2D eigenvalue weighted by Gasteiger charge is 2.08. The minimum Gasteiger partial charge on any atom is -0.436 e. The van der Waals surface area contributed by atoms with E-state index in [1.54, 1.807) is 30.9 Å². The van der Waals surface area contributed by atoms with E-state index in [1.165, 1.54) is 12.1 Å². The molecule has 16 heavy (non-hydrogen) atoms. The molecule has 2 aromatic rings. The Morgan fingerprint density at radius 3 is 2.75 bits per heavy atom. The molecule has 0 unspecified atom stereocenters. The lowest BCUT2D eigenvalue weighted by Gasteiger charge is -2.06. The third kappa shape index (κ3) is 1.98. The smallest absolute Gasteiger partial charge is 0.261 e. The van der Waals surface area contributed by atoms with E-state index in [9.17, 15) is 4.39 Å². The highest BCUT2D eigenvalue weighted by Crippen LogP contribution is 2.27. The fraction of sp³-hybridized carbons (Fsp3) is 0.182. The molecule has 0 saturated heterocycles. The van der Waals surface area contributed by atoms with E-state index in [0.717, 1.165) is 0 Å². The Bertz CT molecular complexity index is 522. The van der Waals surface area contributed by atoms with Crippen molar-refractivity contribution in [1.29, 1.82) is 0 Å². The van der Waals surface area contributed by atoms with Gasteiger partial charge in [-0.1, -0.05) is 0 Å². The van der Waals surface area contributed by atoms with Crippen LogP contribution in [0, 0.1) is 12.7 Å². The van der Waals surface area contributed by atoms with Crippen molar-refractivity contribution in [2.24, 2.45) is 7.05 Å². The summed E-state index contributed by atoms with van der Waals surface area (Å²) < 4.78 is 19.9. The monoisotopic (exact) mass is 221 g/mol. The highest BCUT2D eigenvalue weighted by molar-refractivity contribution is 5.48. The number of benzene rings is 1. The molecular weight excluding hydrogens is 209 g/mol. The Morgan fingerprint density at radius 1 is 1.44 bits per heavy atom. The number of ether oxygens (including phenoxy) is 1. The third-order valence-corrected chi connectivity index (χ3v) is 2.17. The van der Waals surface area contributed by atoms with Crippen molar-refractivity contribution in [3.8, 4) is 11.6 Å². The predicted octanol–water partition coefficient (Wildman–Crippen LogP) is 2.24. The number of halogens is 1. The van der Waals surface area contributed by atoms with Gasteiger partial charge in [-0.2, -0.15) is 0 Å². The average molecular weight is 221 g/mol. The summed E-state index contributed by atoms with van der Waals surface area (Å²) in [6.45, 7) is 1.76. The van der Waals surface area contributed by atoms with Crippen molar-refractivity contribution in [2.45, 2.75) is 6.92 Å². The summed E-state index contributed by atoms with van der Waals surface area (Å²) in [6, 6.07) is 4.29. The zero-order valence-corrected chi connectivity index (χ0v) is 9.07. The first-order chi connectivity index (χ1) is 7.56. The molecule has 0 bridgehead atoms. The van der Waals surface area contributed by atoms with Gasteiger partial charge in [0, 0.05) is 7.05 Å². The van der Waals surface area contributed by atoms with Crippen molar-refractivity contribution < 1.29 is 9.13 Å². The van der Waals surface area contributed by atoms with E-state index in [0.29, 0.717) is 22.9 Å². The Hall–Kier alpha value is -2.04. The van der Waals surface area contributed by atoms with Crippen molar-refractivity contribution in [3.63, 3.8) is 0 Å². The van der Waals surface area contributed by atoms with Gasteiger partial charge in [0.05, 0.1) is 6.20 Å². The number of aryl methyl sites for hydroxylation is 2. The molecule has 0 aliphatic carbocycles. The van der Waals surface area contributed by atoms with Crippen LogP contribution in [0.1, 0.15) is 5.56 Å². The van der Waals surface area contributed by atoms with Crippen LogP contribution in [-0.4, -0.2) is 9.78 Å². The fourth-order valence-corrected chi connectivity index (χ4v) is 1.40. The van der Waals surface area contributed by atoms with Crippen molar-refractivity contribution >= 4 is 5.69 Å². The number of aromatic nitrogens is 2. The maximum absolute atomic E-state index is 12.9. The van der Waals surface area contributed by atoms with E-state index in [2.05, 4.69) is 5.10 Å².